The molecule has 2 amide bonds. The summed E-state index contributed by atoms with van der Waals surface area (Å²) in [5.41, 5.74) is 4.53. The fourth-order valence-corrected chi connectivity index (χ4v) is 3.43. The molecule has 1 aliphatic rings. The van der Waals surface area contributed by atoms with Crippen molar-refractivity contribution in [1.29, 1.82) is 0 Å². The summed E-state index contributed by atoms with van der Waals surface area (Å²) in [5.74, 6) is -0.843. The van der Waals surface area contributed by atoms with E-state index < -0.39 is 0 Å². The Hall–Kier alpha value is -3.80. The van der Waals surface area contributed by atoms with Crippen LogP contribution in [-0.2, 0) is 16.1 Å². The maximum absolute atomic E-state index is 13.3. The first-order valence-electron chi connectivity index (χ1n) is 10.0. The number of nitrogens with zero attached hydrogens (tertiary/aromatic N) is 2. The van der Waals surface area contributed by atoms with Crippen LogP contribution in [0.4, 0.5) is 15.8 Å². The Balaban J connectivity index is 1.53. The number of amides is 2. The van der Waals surface area contributed by atoms with Crippen molar-refractivity contribution in [1.82, 2.24) is 5.32 Å². The van der Waals surface area contributed by atoms with Crippen LogP contribution in [0.3, 0.4) is 0 Å². The molecule has 0 bridgehead atoms. The maximum Gasteiger partial charge on any atom is 0.240 e. The van der Waals surface area contributed by atoms with Crippen LogP contribution in [0.25, 0.3) is 0 Å². The highest BCUT2D eigenvalue weighted by molar-refractivity contribution is 6.18. The SMILES string of the molecule is Cc1ccc(CNC(=O)CN2C(=O)CC(c3ccc(F)cc3)=Nc3ccccc32)cc1. The van der Waals surface area contributed by atoms with Gasteiger partial charge in [0.25, 0.3) is 0 Å². The van der Waals surface area contributed by atoms with Crippen LogP contribution < -0.4 is 10.2 Å². The Morgan fingerprint density at radius 1 is 1.03 bits per heavy atom. The molecule has 0 atom stereocenters. The quantitative estimate of drug-likeness (QED) is 0.675. The highest BCUT2D eigenvalue weighted by atomic mass is 19.1. The fraction of sp³-hybridized carbons (Fsp3) is 0.160. The number of nitrogens with one attached hydrogen (secondary N) is 1. The highest BCUT2D eigenvalue weighted by Gasteiger charge is 2.26. The third-order valence-electron chi connectivity index (χ3n) is 5.14. The van der Waals surface area contributed by atoms with Crippen LogP contribution in [0.1, 0.15) is 23.1 Å². The first-order valence-corrected chi connectivity index (χ1v) is 10.0. The van der Waals surface area contributed by atoms with Crippen molar-refractivity contribution in [2.45, 2.75) is 19.9 Å². The molecule has 0 aromatic heterocycles. The molecule has 4 rings (SSSR count). The molecule has 0 saturated heterocycles. The standard InChI is InChI=1S/C25H22FN3O2/c1-17-6-8-18(9-7-17)15-27-24(30)16-29-23-5-3-2-4-21(23)28-22(14-25(29)31)19-10-12-20(26)13-11-19/h2-13H,14-16H2,1H3,(H,27,30). The van der Waals surface area contributed by atoms with Gasteiger partial charge >= 0.3 is 0 Å². The molecular weight excluding hydrogens is 393 g/mol. The van der Waals surface area contributed by atoms with Gasteiger partial charge in [-0.3, -0.25) is 14.6 Å². The molecule has 0 unspecified atom stereocenters. The number of rotatable bonds is 5. The lowest BCUT2D eigenvalue weighted by Gasteiger charge is -2.22. The molecule has 3 aromatic rings. The van der Waals surface area contributed by atoms with E-state index in [-0.39, 0.29) is 30.6 Å². The van der Waals surface area contributed by atoms with Crippen LogP contribution in [0, 0.1) is 12.7 Å². The van der Waals surface area contributed by atoms with E-state index >= 15 is 0 Å². The Bertz CT molecular complexity index is 1140. The van der Waals surface area contributed by atoms with Gasteiger partial charge < -0.3 is 10.2 Å². The number of aliphatic imine (C=N–C) groups is 1. The van der Waals surface area contributed by atoms with Crippen LogP contribution in [-0.4, -0.2) is 24.1 Å². The second-order valence-corrected chi connectivity index (χ2v) is 7.47. The van der Waals surface area contributed by atoms with Gasteiger partial charge in [0.05, 0.1) is 23.5 Å². The van der Waals surface area contributed by atoms with E-state index in [2.05, 4.69) is 10.3 Å². The number of fused-ring (bicyclic) bond motifs is 1. The minimum atomic E-state index is -0.350. The van der Waals surface area contributed by atoms with Crippen molar-refractivity contribution in [3.05, 3.63) is 95.3 Å². The molecule has 1 N–H and O–H groups in total. The number of halogens is 1. The van der Waals surface area contributed by atoms with Gasteiger partial charge in [-0.05, 0) is 42.3 Å². The summed E-state index contributed by atoms with van der Waals surface area (Å²) >= 11 is 0. The number of carbonyl (C=O) groups excluding carboxylic acids is 2. The molecule has 5 nitrogen and oxygen atoms in total. The van der Waals surface area contributed by atoms with Crippen LogP contribution in [0.15, 0.2) is 77.8 Å². The van der Waals surface area contributed by atoms with E-state index in [4.69, 9.17) is 0 Å². The number of carbonyl (C=O) groups is 2. The second-order valence-electron chi connectivity index (χ2n) is 7.47. The molecule has 0 saturated carbocycles. The summed E-state index contributed by atoms with van der Waals surface area (Å²) in [5, 5.41) is 2.87. The van der Waals surface area contributed by atoms with Crippen LogP contribution in [0.5, 0.6) is 0 Å². The van der Waals surface area contributed by atoms with Gasteiger partial charge in [0.15, 0.2) is 0 Å². The second kappa shape index (κ2) is 8.92. The van der Waals surface area contributed by atoms with E-state index in [0.29, 0.717) is 29.2 Å². The van der Waals surface area contributed by atoms with E-state index in [1.165, 1.54) is 17.0 Å². The number of benzene rings is 3. The predicted molar refractivity (Wildman–Crippen MR) is 119 cm³/mol. The highest BCUT2D eigenvalue weighted by Crippen LogP contribution is 2.32. The summed E-state index contributed by atoms with van der Waals surface area (Å²) in [4.78, 5) is 31.8. The molecule has 3 aromatic carbocycles. The normalized spacial score (nSPS) is 13.3. The fourth-order valence-electron chi connectivity index (χ4n) is 3.43. The van der Waals surface area contributed by atoms with Gasteiger partial charge in [-0.1, -0.05) is 54.1 Å². The average molecular weight is 415 g/mol. The molecule has 0 radical (unpaired) electrons. The summed E-state index contributed by atoms with van der Waals surface area (Å²) in [6, 6.07) is 21.0. The Labute approximate surface area is 180 Å². The molecule has 0 fully saturated rings. The van der Waals surface area contributed by atoms with Gasteiger partial charge in [0.2, 0.25) is 11.8 Å². The van der Waals surface area contributed by atoms with Crippen molar-refractivity contribution in [3.63, 3.8) is 0 Å². The zero-order chi connectivity index (χ0) is 21.8. The molecular formula is C25H22FN3O2. The van der Waals surface area contributed by atoms with E-state index in [1.54, 1.807) is 24.3 Å². The number of para-hydroxylation sites is 2. The van der Waals surface area contributed by atoms with Gasteiger partial charge in [-0.15, -0.1) is 0 Å². The van der Waals surface area contributed by atoms with E-state index in [0.717, 1.165) is 11.1 Å². The van der Waals surface area contributed by atoms with Crippen molar-refractivity contribution in [3.8, 4) is 0 Å². The minimum Gasteiger partial charge on any atom is -0.350 e. The lowest BCUT2D eigenvalue weighted by molar-refractivity contribution is -0.123. The summed E-state index contributed by atoms with van der Waals surface area (Å²) in [7, 11) is 0. The first kappa shape index (κ1) is 20.5. The van der Waals surface area contributed by atoms with E-state index in [9.17, 15) is 14.0 Å². The Morgan fingerprint density at radius 3 is 2.48 bits per heavy atom. The molecule has 0 aliphatic carbocycles. The summed E-state index contributed by atoms with van der Waals surface area (Å²) in [6.07, 6.45) is 0.0194. The molecule has 31 heavy (non-hydrogen) atoms. The van der Waals surface area contributed by atoms with Gasteiger partial charge in [0.1, 0.15) is 12.4 Å². The van der Waals surface area contributed by atoms with Crippen molar-refractivity contribution in [2.24, 2.45) is 4.99 Å². The molecule has 0 spiro atoms. The van der Waals surface area contributed by atoms with E-state index in [1.807, 2.05) is 43.3 Å². The Kier molecular flexibility index (Phi) is 5.89. The molecule has 6 heteroatoms. The summed E-state index contributed by atoms with van der Waals surface area (Å²) in [6.45, 7) is 2.29. The molecule has 156 valence electrons. The average Bonchev–Trinajstić information content (AvgIpc) is 2.90. The smallest absolute Gasteiger partial charge is 0.240 e. The topological polar surface area (TPSA) is 61.8 Å². The zero-order valence-corrected chi connectivity index (χ0v) is 17.1. The minimum absolute atomic E-state index is 0.0194. The number of anilines is 1. The number of hydrogen-bond acceptors (Lipinski definition) is 3. The van der Waals surface area contributed by atoms with Crippen molar-refractivity contribution in [2.75, 3.05) is 11.4 Å². The lowest BCUT2D eigenvalue weighted by Crippen LogP contribution is -2.41. The predicted octanol–water partition coefficient (Wildman–Crippen LogP) is 4.31. The first-order chi connectivity index (χ1) is 15.0. The van der Waals surface area contributed by atoms with Crippen molar-refractivity contribution >= 4 is 28.9 Å². The third-order valence-corrected chi connectivity index (χ3v) is 5.14. The zero-order valence-electron chi connectivity index (χ0n) is 17.1. The lowest BCUT2D eigenvalue weighted by atomic mass is 10.1. The number of aryl methyl sites for hydroxylation is 1. The van der Waals surface area contributed by atoms with Crippen LogP contribution >= 0.6 is 0 Å². The van der Waals surface area contributed by atoms with Gasteiger partial charge in [-0.2, -0.15) is 0 Å². The van der Waals surface area contributed by atoms with Crippen LogP contribution in [0.2, 0.25) is 0 Å². The van der Waals surface area contributed by atoms with Gasteiger partial charge in [-0.25, -0.2) is 4.39 Å². The van der Waals surface area contributed by atoms with Gasteiger partial charge in [0, 0.05) is 6.54 Å². The summed E-state index contributed by atoms with van der Waals surface area (Å²) < 4.78 is 13.3. The molecule has 1 heterocycles. The largest absolute Gasteiger partial charge is 0.350 e. The number of hydrogen-bond donors (Lipinski definition) is 1. The monoisotopic (exact) mass is 415 g/mol. The molecule has 1 aliphatic heterocycles. The third kappa shape index (κ3) is 4.86. The van der Waals surface area contributed by atoms with Crippen molar-refractivity contribution < 1.29 is 14.0 Å². The Morgan fingerprint density at radius 2 is 1.74 bits per heavy atom. The maximum atomic E-state index is 13.3.